The minimum atomic E-state index is 0.781. The Bertz CT molecular complexity index is 454. The van der Waals surface area contributed by atoms with Gasteiger partial charge in [0.1, 0.15) is 18.0 Å². The summed E-state index contributed by atoms with van der Waals surface area (Å²) in [4.78, 5) is 8.43. The van der Waals surface area contributed by atoms with Gasteiger partial charge in [-0.1, -0.05) is 0 Å². The molecule has 84 valence electrons. The van der Waals surface area contributed by atoms with Gasteiger partial charge in [-0.25, -0.2) is 9.97 Å². The Hall–Kier alpha value is -1.43. The molecule has 2 aromatic heterocycles. The molecule has 16 heavy (non-hydrogen) atoms. The lowest BCUT2D eigenvalue weighted by Crippen LogP contribution is -2.07. The number of hydrogen-bond donors (Lipinski definition) is 2. The van der Waals surface area contributed by atoms with Crippen molar-refractivity contribution in [2.45, 2.75) is 13.3 Å². The molecule has 0 atom stereocenters. The van der Waals surface area contributed by atoms with Crippen molar-refractivity contribution >= 4 is 21.7 Å². The molecule has 0 unspecified atom stereocenters. The van der Waals surface area contributed by atoms with E-state index in [1.54, 1.807) is 0 Å². The van der Waals surface area contributed by atoms with Gasteiger partial charge in [0, 0.05) is 17.4 Å². The minimum absolute atomic E-state index is 0.781. The van der Waals surface area contributed by atoms with Gasteiger partial charge in [0.15, 0.2) is 0 Å². The number of pyridine rings is 1. The zero-order chi connectivity index (χ0) is 11.4. The van der Waals surface area contributed by atoms with Crippen molar-refractivity contribution in [2.75, 3.05) is 11.9 Å². The first-order valence-corrected chi connectivity index (χ1v) is 5.76. The second-order valence-corrected chi connectivity index (χ2v) is 4.23. The first-order valence-electron chi connectivity index (χ1n) is 4.97. The number of hydrogen-bond acceptors (Lipinski definition) is 4. The van der Waals surface area contributed by atoms with Crippen LogP contribution in [0.1, 0.15) is 11.5 Å². The summed E-state index contributed by atoms with van der Waals surface area (Å²) >= 11 is 3.42. The Labute approximate surface area is 102 Å². The van der Waals surface area contributed by atoms with Gasteiger partial charge in [0.25, 0.3) is 0 Å². The zero-order valence-electron chi connectivity index (χ0n) is 8.87. The SMILES string of the molecule is Cc1nc(NCCc2ncn[nH]2)ccc1Br. The van der Waals surface area contributed by atoms with Crippen LogP contribution < -0.4 is 5.32 Å². The summed E-state index contributed by atoms with van der Waals surface area (Å²) in [5, 5.41) is 9.83. The minimum Gasteiger partial charge on any atom is -0.370 e. The third-order valence-corrected chi connectivity index (χ3v) is 2.99. The predicted octanol–water partition coefficient (Wildman–Crippen LogP) is 1.93. The number of nitrogens with zero attached hydrogens (tertiary/aromatic N) is 3. The smallest absolute Gasteiger partial charge is 0.137 e. The highest BCUT2D eigenvalue weighted by molar-refractivity contribution is 9.10. The monoisotopic (exact) mass is 281 g/mol. The molecule has 0 aliphatic heterocycles. The van der Waals surface area contributed by atoms with Crippen molar-refractivity contribution in [3.05, 3.63) is 34.5 Å². The van der Waals surface area contributed by atoms with E-state index >= 15 is 0 Å². The lowest BCUT2D eigenvalue weighted by Gasteiger charge is -2.05. The van der Waals surface area contributed by atoms with E-state index in [9.17, 15) is 0 Å². The summed E-state index contributed by atoms with van der Waals surface area (Å²) in [6.45, 7) is 2.75. The van der Waals surface area contributed by atoms with Crippen molar-refractivity contribution < 1.29 is 0 Å². The van der Waals surface area contributed by atoms with Crippen LogP contribution in [0.3, 0.4) is 0 Å². The Balaban J connectivity index is 1.87. The maximum absolute atomic E-state index is 4.39. The molecule has 0 aromatic carbocycles. The summed E-state index contributed by atoms with van der Waals surface area (Å²) in [6.07, 6.45) is 2.31. The van der Waals surface area contributed by atoms with E-state index in [0.717, 1.165) is 34.8 Å². The molecule has 0 aliphatic carbocycles. The molecule has 2 rings (SSSR count). The van der Waals surface area contributed by atoms with Crippen LogP contribution in [0.4, 0.5) is 5.82 Å². The van der Waals surface area contributed by atoms with Gasteiger partial charge >= 0.3 is 0 Å². The number of nitrogens with one attached hydrogen (secondary N) is 2. The number of halogens is 1. The van der Waals surface area contributed by atoms with Gasteiger partial charge in [-0.2, -0.15) is 5.10 Å². The molecule has 0 fully saturated rings. The fourth-order valence-electron chi connectivity index (χ4n) is 1.30. The molecule has 5 nitrogen and oxygen atoms in total. The van der Waals surface area contributed by atoms with Gasteiger partial charge in [0.2, 0.25) is 0 Å². The van der Waals surface area contributed by atoms with E-state index in [4.69, 9.17) is 0 Å². The second kappa shape index (κ2) is 5.07. The quantitative estimate of drug-likeness (QED) is 0.899. The molecule has 0 saturated heterocycles. The van der Waals surface area contributed by atoms with Crippen LogP contribution >= 0.6 is 15.9 Å². The predicted molar refractivity (Wildman–Crippen MR) is 65.3 cm³/mol. The van der Waals surface area contributed by atoms with Crippen molar-refractivity contribution in [1.82, 2.24) is 20.2 Å². The first-order chi connectivity index (χ1) is 7.75. The molecule has 6 heteroatoms. The number of aromatic amines is 1. The molecule has 0 bridgehead atoms. The fraction of sp³-hybridized carbons (Fsp3) is 0.300. The molecule has 0 aliphatic rings. The largest absolute Gasteiger partial charge is 0.370 e. The van der Waals surface area contributed by atoms with Crippen molar-refractivity contribution in [3.8, 4) is 0 Å². The van der Waals surface area contributed by atoms with E-state index in [-0.39, 0.29) is 0 Å². The van der Waals surface area contributed by atoms with Crippen molar-refractivity contribution in [2.24, 2.45) is 0 Å². The van der Waals surface area contributed by atoms with Gasteiger partial charge in [0.05, 0.1) is 5.69 Å². The highest BCUT2D eigenvalue weighted by Crippen LogP contribution is 2.15. The number of aryl methyl sites for hydroxylation is 1. The van der Waals surface area contributed by atoms with Crippen LogP contribution in [0.15, 0.2) is 22.9 Å². The maximum Gasteiger partial charge on any atom is 0.137 e. The van der Waals surface area contributed by atoms with Crippen LogP contribution in [0.5, 0.6) is 0 Å². The third-order valence-electron chi connectivity index (χ3n) is 2.15. The standard InChI is InChI=1S/C10H12BrN5/c1-7-8(11)2-3-9(15-7)12-5-4-10-13-6-14-16-10/h2-3,6H,4-5H2,1H3,(H,12,15)(H,13,14,16). The molecule has 2 heterocycles. The maximum atomic E-state index is 4.39. The average Bonchev–Trinajstić information content (AvgIpc) is 2.76. The highest BCUT2D eigenvalue weighted by Gasteiger charge is 1.99. The molecule has 0 saturated carbocycles. The van der Waals surface area contributed by atoms with Crippen LogP contribution in [-0.2, 0) is 6.42 Å². The average molecular weight is 282 g/mol. The van der Waals surface area contributed by atoms with Crippen LogP contribution in [0, 0.1) is 6.92 Å². The highest BCUT2D eigenvalue weighted by atomic mass is 79.9. The second-order valence-electron chi connectivity index (χ2n) is 3.37. The molecule has 0 radical (unpaired) electrons. The first kappa shape index (κ1) is 11.1. The van der Waals surface area contributed by atoms with E-state index in [2.05, 4.69) is 41.4 Å². The molecule has 2 N–H and O–H groups in total. The number of rotatable bonds is 4. The topological polar surface area (TPSA) is 66.5 Å². The summed E-state index contributed by atoms with van der Waals surface area (Å²) < 4.78 is 1.02. The van der Waals surface area contributed by atoms with Gasteiger partial charge in [-0.05, 0) is 35.0 Å². The van der Waals surface area contributed by atoms with Gasteiger partial charge in [-0.3, -0.25) is 5.10 Å². The number of aromatic nitrogens is 4. The van der Waals surface area contributed by atoms with Gasteiger partial charge in [-0.15, -0.1) is 0 Å². The van der Waals surface area contributed by atoms with Crippen molar-refractivity contribution in [1.29, 1.82) is 0 Å². The normalized spacial score (nSPS) is 10.4. The third kappa shape index (κ3) is 2.79. The molecular formula is C10H12BrN5. The number of anilines is 1. The van der Waals surface area contributed by atoms with Crippen LogP contribution in [-0.4, -0.2) is 26.7 Å². The van der Waals surface area contributed by atoms with Gasteiger partial charge < -0.3 is 5.32 Å². The molecule has 0 amide bonds. The van der Waals surface area contributed by atoms with Crippen LogP contribution in [0.2, 0.25) is 0 Å². The lowest BCUT2D eigenvalue weighted by atomic mass is 10.3. The van der Waals surface area contributed by atoms with E-state index in [1.165, 1.54) is 6.33 Å². The fourth-order valence-corrected chi connectivity index (χ4v) is 1.52. The molecule has 2 aromatic rings. The Morgan fingerprint density at radius 3 is 3.00 bits per heavy atom. The summed E-state index contributed by atoms with van der Waals surface area (Å²) in [7, 11) is 0. The lowest BCUT2D eigenvalue weighted by molar-refractivity contribution is 0.896. The Kier molecular flexibility index (Phi) is 3.51. The Morgan fingerprint density at radius 2 is 2.31 bits per heavy atom. The van der Waals surface area contributed by atoms with E-state index < -0.39 is 0 Å². The Morgan fingerprint density at radius 1 is 1.44 bits per heavy atom. The van der Waals surface area contributed by atoms with E-state index in [1.807, 2.05) is 19.1 Å². The van der Waals surface area contributed by atoms with E-state index in [0.29, 0.717) is 0 Å². The summed E-state index contributed by atoms with van der Waals surface area (Å²) in [6, 6.07) is 3.93. The number of H-pyrrole nitrogens is 1. The molecular weight excluding hydrogens is 270 g/mol. The van der Waals surface area contributed by atoms with Crippen LogP contribution in [0.25, 0.3) is 0 Å². The zero-order valence-corrected chi connectivity index (χ0v) is 10.5. The summed E-state index contributed by atoms with van der Waals surface area (Å²) in [5.74, 6) is 1.75. The summed E-state index contributed by atoms with van der Waals surface area (Å²) in [5.41, 5.74) is 0.977. The molecule has 0 spiro atoms. The van der Waals surface area contributed by atoms with Crippen molar-refractivity contribution in [3.63, 3.8) is 0 Å².